The normalized spacial score (nSPS) is 16.2. The zero-order valence-corrected chi connectivity index (χ0v) is 17.0. The number of fused-ring (bicyclic) bond motifs is 2. The van der Waals surface area contributed by atoms with Crippen LogP contribution in [0.4, 0.5) is 0 Å². The van der Waals surface area contributed by atoms with E-state index in [1.165, 1.54) is 4.90 Å². The SMILES string of the molecule is COc1ccc2c(=O)c3c(oc2c1)C(=O)N(CCC[NH+](C)C)[C@H]3c1cccs1. The van der Waals surface area contributed by atoms with E-state index in [9.17, 15) is 9.59 Å². The molecule has 1 amide bonds. The van der Waals surface area contributed by atoms with Crippen molar-refractivity contribution in [3.05, 3.63) is 62.1 Å². The number of hydrogen-bond acceptors (Lipinski definition) is 5. The van der Waals surface area contributed by atoms with E-state index in [0.717, 1.165) is 17.8 Å². The minimum Gasteiger partial charge on any atom is -0.497 e. The van der Waals surface area contributed by atoms with Crippen LogP contribution in [0.1, 0.15) is 33.5 Å². The number of nitrogens with one attached hydrogen (secondary N) is 1. The van der Waals surface area contributed by atoms with Gasteiger partial charge < -0.3 is 19.0 Å². The summed E-state index contributed by atoms with van der Waals surface area (Å²) in [6.07, 6.45) is 0.853. The van der Waals surface area contributed by atoms with Gasteiger partial charge in [-0.25, -0.2) is 0 Å². The standard InChI is InChI=1S/C21H22N2O4S/c1-22(2)9-5-10-23-18(16-6-4-11-28-16)17-19(24)14-8-7-13(26-3)12-15(14)27-20(17)21(23)25/h4,6-8,11-12,18H,5,9-10H2,1-3H3/p+1/t18-/m0/s1. The first-order valence-electron chi connectivity index (χ1n) is 9.29. The molecule has 1 aliphatic rings. The first kappa shape index (κ1) is 18.7. The molecule has 7 heteroatoms. The Morgan fingerprint density at radius 3 is 2.75 bits per heavy atom. The third kappa shape index (κ3) is 3.10. The Morgan fingerprint density at radius 1 is 1.25 bits per heavy atom. The highest BCUT2D eigenvalue weighted by molar-refractivity contribution is 7.10. The molecule has 0 aliphatic carbocycles. The fraction of sp³-hybridized carbons (Fsp3) is 0.333. The number of amides is 1. The van der Waals surface area contributed by atoms with Crippen molar-refractivity contribution in [1.82, 2.24) is 4.90 Å². The first-order chi connectivity index (χ1) is 13.5. The lowest BCUT2D eigenvalue weighted by Crippen LogP contribution is -3.05. The van der Waals surface area contributed by atoms with Crippen LogP contribution in [0.2, 0.25) is 0 Å². The van der Waals surface area contributed by atoms with Crippen molar-refractivity contribution in [2.45, 2.75) is 12.5 Å². The molecule has 0 bridgehead atoms. The highest BCUT2D eigenvalue weighted by atomic mass is 32.1. The molecule has 0 saturated carbocycles. The van der Waals surface area contributed by atoms with Crippen molar-refractivity contribution >= 4 is 28.2 Å². The van der Waals surface area contributed by atoms with E-state index in [0.29, 0.717) is 28.8 Å². The summed E-state index contributed by atoms with van der Waals surface area (Å²) >= 11 is 1.55. The van der Waals surface area contributed by atoms with Crippen LogP contribution in [0.5, 0.6) is 5.75 Å². The maximum Gasteiger partial charge on any atom is 0.290 e. The van der Waals surface area contributed by atoms with Gasteiger partial charge >= 0.3 is 0 Å². The third-order valence-corrected chi connectivity index (χ3v) is 5.99. The largest absolute Gasteiger partial charge is 0.497 e. The van der Waals surface area contributed by atoms with E-state index in [-0.39, 0.29) is 23.1 Å². The minimum atomic E-state index is -0.387. The van der Waals surface area contributed by atoms with Crippen molar-refractivity contribution in [3.63, 3.8) is 0 Å². The molecule has 0 unspecified atom stereocenters. The molecule has 1 aliphatic heterocycles. The quantitative estimate of drug-likeness (QED) is 0.688. The number of hydrogen-bond donors (Lipinski definition) is 1. The number of rotatable bonds is 6. The molecule has 0 saturated heterocycles. The maximum absolute atomic E-state index is 13.3. The molecular formula is C21H23N2O4S+. The van der Waals surface area contributed by atoms with Crippen LogP contribution < -0.4 is 15.1 Å². The van der Waals surface area contributed by atoms with Crippen molar-refractivity contribution < 1.29 is 18.8 Å². The van der Waals surface area contributed by atoms with Crippen LogP contribution in [0.25, 0.3) is 11.0 Å². The summed E-state index contributed by atoms with van der Waals surface area (Å²) in [6, 6.07) is 8.62. The molecule has 0 spiro atoms. The highest BCUT2D eigenvalue weighted by Crippen LogP contribution is 2.40. The van der Waals surface area contributed by atoms with Crippen molar-refractivity contribution in [2.24, 2.45) is 0 Å². The van der Waals surface area contributed by atoms with Gasteiger partial charge in [-0.15, -0.1) is 11.3 Å². The molecule has 3 heterocycles. The molecule has 2 aromatic heterocycles. The smallest absolute Gasteiger partial charge is 0.290 e. The summed E-state index contributed by atoms with van der Waals surface area (Å²) in [4.78, 5) is 30.6. The Kier molecular flexibility index (Phi) is 4.95. The second-order valence-corrected chi connectivity index (χ2v) is 8.24. The molecule has 6 nitrogen and oxygen atoms in total. The van der Waals surface area contributed by atoms with Gasteiger partial charge in [0.25, 0.3) is 5.91 Å². The molecule has 3 aromatic rings. The Labute approximate surface area is 166 Å². The molecule has 0 radical (unpaired) electrons. The summed E-state index contributed by atoms with van der Waals surface area (Å²) < 4.78 is 11.2. The number of carbonyl (C=O) groups excluding carboxylic acids is 1. The molecule has 1 N–H and O–H groups in total. The highest BCUT2D eigenvalue weighted by Gasteiger charge is 2.42. The van der Waals surface area contributed by atoms with Crippen molar-refractivity contribution in [2.75, 3.05) is 34.3 Å². The van der Waals surface area contributed by atoms with Gasteiger partial charge in [-0.2, -0.15) is 0 Å². The number of thiophene rings is 1. The summed E-state index contributed by atoms with van der Waals surface area (Å²) in [6.45, 7) is 1.52. The second kappa shape index (κ2) is 7.41. The van der Waals surface area contributed by atoms with E-state index in [1.807, 2.05) is 17.5 Å². The van der Waals surface area contributed by atoms with Crippen molar-refractivity contribution in [1.29, 1.82) is 0 Å². The molecule has 146 valence electrons. The molecule has 0 fully saturated rings. The summed E-state index contributed by atoms with van der Waals surface area (Å²) in [5.74, 6) is 0.520. The van der Waals surface area contributed by atoms with Gasteiger partial charge in [-0.1, -0.05) is 6.07 Å². The van der Waals surface area contributed by atoms with Crippen LogP contribution in [-0.4, -0.2) is 45.1 Å². The van der Waals surface area contributed by atoms with Gasteiger partial charge in [0.2, 0.25) is 5.76 Å². The summed E-state index contributed by atoms with van der Waals surface area (Å²) in [5, 5.41) is 2.43. The Bertz CT molecular complexity index is 1070. The molecule has 4 rings (SSSR count). The average Bonchev–Trinajstić information content (AvgIpc) is 3.29. The maximum atomic E-state index is 13.3. The second-order valence-electron chi connectivity index (χ2n) is 7.26. The van der Waals surface area contributed by atoms with Crippen LogP contribution in [0.15, 0.2) is 44.9 Å². The number of methoxy groups -OCH3 is 1. The van der Waals surface area contributed by atoms with Crippen LogP contribution >= 0.6 is 11.3 Å². The molecule has 1 atom stereocenters. The van der Waals surface area contributed by atoms with Crippen LogP contribution in [-0.2, 0) is 0 Å². The van der Waals surface area contributed by atoms with Crippen LogP contribution in [0, 0.1) is 0 Å². The van der Waals surface area contributed by atoms with Crippen LogP contribution in [0.3, 0.4) is 0 Å². The van der Waals surface area contributed by atoms with Crippen molar-refractivity contribution in [3.8, 4) is 5.75 Å². The lowest BCUT2D eigenvalue weighted by molar-refractivity contribution is -0.858. The first-order valence-corrected chi connectivity index (χ1v) is 10.2. The average molecular weight is 399 g/mol. The summed E-state index contributed by atoms with van der Waals surface area (Å²) in [7, 11) is 5.73. The fourth-order valence-electron chi connectivity index (χ4n) is 3.70. The predicted octanol–water partition coefficient (Wildman–Crippen LogP) is 1.94. The lowest BCUT2D eigenvalue weighted by Gasteiger charge is -2.24. The predicted molar refractivity (Wildman–Crippen MR) is 109 cm³/mol. The van der Waals surface area contributed by atoms with E-state index in [4.69, 9.17) is 9.15 Å². The number of nitrogens with zero attached hydrogens (tertiary/aromatic N) is 1. The van der Waals surface area contributed by atoms with E-state index in [2.05, 4.69) is 14.1 Å². The summed E-state index contributed by atoms with van der Waals surface area (Å²) in [5.41, 5.74) is 0.676. The molecule has 28 heavy (non-hydrogen) atoms. The Hall–Kier alpha value is -2.64. The zero-order valence-electron chi connectivity index (χ0n) is 16.2. The van der Waals surface area contributed by atoms with E-state index in [1.54, 1.807) is 41.5 Å². The minimum absolute atomic E-state index is 0.147. The number of quaternary nitrogens is 1. The lowest BCUT2D eigenvalue weighted by atomic mass is 10.0. The van der Waals surface area contributed by atoms with Gasteiger partial charge in [0.15, 0.2) is 5.43 Å². The van der Waals surface area contributed by atoms with Gasteiger partial charge in [-0.3, -0.25) is 9.59 Å². The third-order valence-electron chi connectivity index (χ3n) is 5.06. The van der Waals surface area contributed by atoms with Gasteiger partial charge in [0.1, 0.15) is 11.3 Å². The van der Waals surface area contributed by atoms with Gasteiger partial charge in [0, 0.05) is 23.9 Å². The van der Waals surface area contributed by atoms with Gasteiger partial charge in [-0.05, 0) is 23.6 Å². The zero-order chi connectivity index (χ0) is 19.8. The fourth-order valence-corrected chi connectivity index (χ4v) is 4.55. The number of ether oxygens (including phenoxy) is 1. The van der Waals surface area contributed by atoms with E-state index >= 15 is 0 Å². The molecular weight excluding hydrogens is 376 g/mol. The van der Waals surface area contributed by atoms with E-state index < -0.39 is 0 Å². The number of carbonyl (C=O) groups is 1. The number of benzene rings is 1. The molecule has 1 aromatic carbocycles. The monoisotopic (exact) mass is 399 g/mol. The Balaban J connectivity index is 1.85. The van der Waals surface area contributed by atoms with Gasteiger partial charge in [0.05, 0.1) is 44.7 Å². The topological polar surface area (TPSA) is 64.2 Å². The Morgan fingerprint density at radius 2 is 2.07 bits per heavy atom.